The number of urea groups is 1. The molecule has 0 aliphatic carbocycles. The Morgan fingerprint density at radius 1 is 0.941 bits per heavy atom. The highest BCUT2D eigenvalue weighted by Gasteiger charge is 2.43. The van der Waals surface area contributed by atoms with Crippen molar-refractivity contribution in [3.05, 3.63) is 72.2 Å². The van der Waals surface area contributed by atoms with Crippen LogP contribution in [0.1, 0.15) is 25.2 Å². The summed E-state index contributed by atoms with van der Waals surface area (Å²) in [5.74, 6) is 2.52. The minimum Gasteiger partial charge on any atom is -0.324 e. The van der Waals surface area contributed by atoms with Gasteiger partial charge in [0.2, 0.25) is 5.95 Å². The summed E-state index contributed by atoms with van der Waals surface area (Å²) in [7, 11) is 3.68. The van der Waals surface area contributed by atoms with Gasteiger partial charge in [-0.25, -0.2) is 24.3 Å². The van der Waals surface area contributed by atoms with Crippen LogP contribution in [-0.2, 0) is 12.6 Å². The van der Waals surface area contributed by atoms with Crippen LogP contribution in [-0.4, -0.2) is 42.7 Å². The van der Waals surface area contributed by atoms with Crippen LogP contribution in [0.25, 0.3) is 11.4 Å². The molecule has 4 aromatic rings. The second-order valence-electron chi connectivity index (χ2n) is 8.81. The predicted octanol–water partition coefficient (Wildman–Crippen LogP) is 4.76. The van der Waals surface area contributed by atoms with Gasteiger partial charge >= 0.3 is 6.03 Å². The lowest BCUT2D eigenvalue weighted by Crippen LogP contribution is -2.53. The van der Waals surface area contributed by atoms with Crippen LogP contribution in [0.5, 0.6) is 0 Å². The molecule has 3 heterocycles. The fourth-order valence-corrected chi connectivity index (χ4v) is 4.10. The molecule has 2 aromatic carbocycles. The van der Waals surface area contributed by atoms with Gasteiger partial charge in [0.1, 0.15) is 5.82 Å². The summed E-state index contributed by atoms with van der Waals surface area (Å²) in [5.41, 5.74) is 2.87. The van der Waals surface area contributed by atoms with Crippen LogP contribution >= 0.6 is 0 Å². The molecule has 0 saturated heterocycles. The molecule has 9 heteroatoms. The molecule has 172 valence electrons. The van der Waals surface area contributed by atoms with E-state index in [1.165, 1.54) is 0 Å². The Balaban J connectivity index is 1.50. The van der Waals surface area contributed by atoms with Gasteiger partial charge in [-0.1, -0.05) is 18.2 Å². The molecule has 1 aliphatic rings. The zero-order valence-corrected chi connectivity index (χ0v) is 19.8. The Morgan fingerprint density at radius 2 is 1.65 bits per heavy atom. The van der Waals surface area contributed by atoms with Crippen LogP contribution in [0.3, 0.4) is 0 Å². The number of aromatic nitrogens is 5. The number of hydrogen-bond donors (Lipinski definition) is 1. The van der Waals surface area contributed by atoms with E-state index in [1.54, 1.807) is 27.7 Å². The standard InChI is InChI=1S/C25H26N8O/c1-16-27-21(32(5)30-16)17-11-13-18(14-12-17)28-23-26-15-20-22(29-23)33(19-9-7-6-8-10-19)24(34)31(4)25(20,2)3/h6-15H,1-5H3,(H,26,28,29). The van der Waals surface area contributed by atoms with E-state index in [0.29, 0.717) is 11.8 Å². The number of nitrogens with zero attached hydrogens (tertiary/aromatic N) is 7. The molecule has 2 aromatic heterocycles. The lowest BCUT2D eigenvalue weighted by Gasteiger charge is -2.44. The summed E-state index contributed by atoms with van der Waals surface area (Å²) < 4.78 is 1.76. The van der Waals surface area contributed by atoms with Gasteiger partial charge in [-0.2, -0.15) is 10.1 Å². The molecule has 0 atom stereocenters. The quantitative estimate of drug-likeness (QED) is 0.478. The molecule has 1 aliphatic heterocycles. The molecule has 0 spiro atoms. The van der Waals surface area contributed by atoms with Gasteiger partial charge in [0.05, 0.1) is 11.2 Å². The first kappa shape index (κ1) is 21.6. The van der Waals surface area contributed by atoms with Crippen LogP contribution in [0.2, 0.25) is 0 Å². The number of aryl methyl sites for hydroxylation is 2. The molecule has 0 fully saturated rings. The Bertz CT molecular complexity index is 1360. The smallest absolute Gasteiger partial charge is 0.324 e. The maximum atomic E-state index is 13.3. The van der Waals surface area contributed by atoms with Crippen molar-refractivity contribution in [2.45, 2.75) is 26.3 Å². The molecule has 0 bridgehead atoms. The van der Waals surface area contributed by atoms with Crippen molar-refractivity contribution in [3.63, 3.8) is 0 Å². The number of amides is 2. The predicted molar refractivity (Wildman–Crippen MR) is 131 cm³/mol. The minimum absolute atomic E-state index is 0.142. The van der Waals surface area contributed by atoms with Gasteiger partial charge < -0.3 is 10.2 Å². The lowest BCUT2D eigenvalue weighted by molar-refractivity contribution is 0.158. The zero-order valence-electron chi connectivity index (χ0n) is 19.8. The fraction of sp³-hybridized carbons (Fsp3) is 0.240. The third kappa shape index (κ3) is 3.55. The summed E-state index contributed by atoms with van der Waals surface area (Å²) in [6.07, 6.45) is 1.79. The molecule has 0 radical (unpaired) electrons. The van der Waals surface area contributed by atoms with E-state index in [4.69, 9.17) is 4.98 Å². The Morgan fingerprint density at radius 3 is 2.29 bits per heavy atom. The molecule has 2 amide bonds. The van der Waals surface area contributed by atoms with Gasteiger partial charge in [-0.3, -0.25) is 0 Å². The highest BCUT2D eigenvalue weighted by atomic mass is 16.2. The van der Waals surface area contributed by atoms with E-state index in [0.717, 1.165) is 34.2 Å². The highest BCUT2D eigenvalue weighted by Crippen LogP contribution is 2.42. The maximum absolute atomic E-state index is 13.3. The molecule has 0 saturated carbocycles. The second-order valence-corrected chi connectivity index (χ2v) is 8.81. The van der Waals surface area contributed by atoms with E-state index in [9.17, 15) is 4.79 Å². The fourth-order valence-electron chi connectivity index (χ4n) is 4.10. The van der Waals surface area contributed by atoms with Gasteiger partial charge in [0, 0.05) is 37.1 Å². The van der Waals surface area contributed by atoms with Crippen molar-refractivity contribution in [3.8, 4) is 11.4 Å². The Hall–Kier alpha value is -4.27. The summed E-state index contributed by atoms with van der Waals surface area (Å²) in [5, 5.41) is 7.57. The zero-order chi connectivity index (χ0) is 24.0. The molecule has 1 N–H and O–H groups in total. The topological polar surface area (TPSA) is 92.1 Å². The summed E-state index contributed by atoms with van der Waals surface area (Å²) in [6.45, 7) is 5.86. The molecular formula is C25H26N8O. The molecule has 9 nitrogen and oxygen atoms in total. The van der Waals surface area contributed by atoms with E-state index < -0.39 is 5.54 Å². The SMILES string of the molecule is Cc1nc(-c2ccc(Nc3ncc4c(n3)N(c3ccccc3)C(=O)N(C)C4(C)C)cc2)n(C)n1. The first-order valence-corrected chi connectivity index (χ1v) is 11.0. The van der Waals surface area contributed by atoms with Crippen molar-refractivity contribution in [2.24, 2.45) is 7.05 Å². The van der Waals surface area contributed by atoms with Gasteiger partial charge in [-0.15, -0.1) is 0 Å². The number of hydrogen-bond acceptors (Lipinski definition) is 6. The van der Waals surface area contributed by atoms with Gasteiger partial charge in [-0.05, 0) is 57.2 Å². The normalized spacial score (nSPS) is 14.8. The van der Waals surface area contributed by atoms with Crippen LogP contribution < -0.4 is 10.2 Å². The third-order valence-electron chi connectivity index (χ3n) is 6.24. The Labute approximate surface area is 198 Å². The number of rotatable bonds is 4. The van der Waals surface area contributed by atoms with Crippen LogP contribution in [0, 0.1) is 6.92 Å². The van der Waals surface area contributed by atoms with E-state index >= 15 is 0 Å². The number of nitrogens with one attached hydrogen (secondary N) is 1. The monoisotopic (exact) mass is 454 g/mol. The average Bonchev–Trinajstić information content (AvgIpc) is 3.17. The summed E-state index contributed by atoms with van der Waals surface area (Å²) in [4.78, 5) is 30.5. The van der Waals surface area contributed by atoms with Crippen LogP contribution in [0.15, 0.2) is 60.8 Å². The largest absolute Gasteiger partial charge is 0.330 e. The van der Waals surface area contributed by atoms with Crippen molar-refractivity contribution in [2.75, 3.05) is 17.3 Å². The van der Waals surface area contributed by atoms with Gasteiger partial charge in [0.25, 0.3) is 0 Å². The Kier molecular flexibility index (Phi) is 5.04. The first-order chi connectivity index (χ1) is 16.3. The van der Waals surface area contributed by atoms with Crippen molar-refractivity contribution in [1.29, 1.82) is 0 Å². The first-order valence-electron chi connectivity index (χ1n) is 11.0. The minimum atomic E-state index is -0.549. The molecule has 5 rings (SSSR count). The van der Waals surface area contributed by atoms with Crippen molar-refractivity contribution in [1.82, 2.24) is 29.6 Å². The number of anilines is 4. The number of carbonyl (C=O) groups is 1. The van der Waals surface area contributed by atoms with Crippen molar-refractivity contribution >= 4 is 29.2 Å². The van der Waals surface area contributed by atoms with E-state index in [-0.39, 0.29) is 6.03 Å². The van der Waals surface area contributed by atoms with E-state index in [2.05, 4.69) is 20.4 Å². The summed E-state index contributed by atoms with van der Waals surface area (Å²) in [6, 6.07) is 17.2. The second kappa shape index (κ2) is 7.95. The van der Waals surface area contributed by atoms with E-state index in [1.807, 2.05) is 82.4 Å². The van der Waals surface area contributed by atoms with Crippen molar-refractivity contribution < 1.29 is 4.79 Å². The number of carbonyl (C=O) groups excluding carboxylic acids is 1. The lowest BCUT2D eigenvalue weighted by atomic mass is 9.92. The summed E-state index contributed by atoms with van der Waals surface area (Å²) >= 11 is 0. The maximum Gasteiger partial charge on any atom is 0.330 e. The number of benzene rings is 2. The number of fused-ring (bicyclic) bond motifs is 1. The number of para-hydroxylation sites is 1. The molecule has 34 heavy (non-hydrogen) atoms. The molecular weight excluding hydrogens is 428 g/mol. The van der Waals surface area contributed by atoms with Gasteiger partial charge in [0.15, 0.2) is 11.6 Å². The van der Waals surface area contributed by atoms with Crippen LogP contribution in [0.4, 0.5) is 27.9 Å². The highest BCUT2D eigenvalue weighted by molar-refractivity contribution is 6.01. The molecule has 0 unspecified atom stereocenters. The average molecular weight is 455 g/mol. The third-order valence-corrected chi connectivity index (χ3v) is 6.24.